The highest BCUT2D eigenvalue weighted by Crippen LogP contribution is 2.39. The molecule has 2 rings (SSSR count). The maximum atomic E-state index is 10.9. The molecule has 0 atom stereocenters. The normalized spacial score (nSPS) is 16.4. The number of amides is 1. The number of nitrogens with zero attached hydrogens (tertiary/aromatic N) is 2. The molecule has 1 aliphatic heterocycles. The van der Waals surface area contributed by atoms with Crippen LogP contribution in [0.1, 0.15) is 52.2 Å². The van der Waals surface area contributed by atoms with Crippen LogP contribution < -0.4 is 10.3 Å². The molecule has 0 bridgehead atoms. The summed E-state index contributed by atoms with van der Waals surface area (Å²) in [5.74, 6) is -0.166. The molecule has 0 saturated carbocycles. The zero-order chi connectivity index (χ0) is 16.3. The number of nitrogens with one attached hydrogen (secondary N) is 1. The molecule has 1 aromatic rings. The first-order valence-electron chi connectivity index (χ1n) is 7.76. The molecule has 1 amide bonds. The van der Waals surface area contributed by atoms with Gasteiger partial charge in [-0.25, -0.2) is 5.43 Å². The van der Waals surface area contributed by atoms with Crippen LogP contribution in [0.3, 0.4) is 0 Å². The summed E-state index contributed by atoms with van der Waals surface area (Å²) in [5, 5.41) is 3.94. The fourth-order valence-electron chi connectivity index (χ4n) is 3.01. The number of carbonyl (C=O) groups is 1. The summed E-state index contributed by atoms with van der Waals surface area (Å²) in [6.45, 7) is 11.3. The quantitative estimate of drug-likeness (QED) is 0.682. The van der Waals surface area contributed by atoms with Gasteiger partial charge in [0.15, 0.2) is 0 Å². The zero-order valence-electron chi connectivity index (χ0n) is 14.1. The van der Waals surface area contributed by atoms with Crippen LogP contribution in [0.25, 0.3) is 5.57 Å². The molecule has 1 aliphatic rings. The van der Waals surface area contributed by atoms with Gasteiger partial charge in [0.25, 0.3) is 0 Å². The molecule has 118 valence electrons. The SMILES string of the molecule is CCCN1c2ccc(/C=N\NC(C)=O)cc2C(C)=CC1(C)C. The molecule has 1 N–H and O–H groups in total. The molecule has 0 aliphatic carbocycles. The molecule has 0 fully saturated rings. The summed E-state index contributed by atoms with van der Waals surface area (Å²) in [4.78, 5) is 13.3. The standard InChI is InChI=1S/C18H25N3O/c1-6-9-21-17-8-7-15(12-19-20-14(3)22)10-16(17)13(2)11-18(21,4)5/h7-8,10-12H,6,9H2,1-5H3,(H,20,22)/b19-12-. The average Bonchev–Trinajstić information content (AvgIpc) is 2.43. The summed E-state index contributed by atoms with van der Waals surface area (Å²) < 4.78 is 0. The van der Waals surface area contributed by atoms with E-state index in [-0.39, 0.29) is 11.4 Å². The van der Waals surface area contributed by atoms with Gasteiger partial charge in [0.1, 0.15) is 0 Å². The molecule has 4 heteroatoms. The third-order valence-electron chi connectivity index (χ3n) is 3.88. The van der Waals surface area contributed by atoms with Crippen molar-refractivity contribution in [2.45, 2.75) is 46.6 Å². The van der Waals surface area contributed by atoms with E-state index in [4.69, 9.17) is 0 Å². The summed E-state index contributed by atoms with van der Waals surface area (Å²) in [6.07, 6.45) is 5.11. The van der Waals surface area contributed by atoms with E-state index in [9.17, 15) is 4.79 Å². The smallest absolute Gasteiger partial charge is 0.236 e. The van der Waals surface area contributed by atoms with Gasteiger partial charge in [-0.3, -0.25) is 4.79 Å². The molecule has 0 unspecified atom stereocenters. The van der Waals surface area contributed by atoms with Crippen molar-refractivity contribution in [3.8, 4) is 0 Å². The first-order chi connectivity index (χ1) is 10.3. The van der Waals surface area contributed by atoms with Crippen LogP contribution in [-0.2, 0) is 4.79 Å². The van der Waals surface area contributed by atoms with Gasteiger partial charge in [0.05, 0.1) is 11.8 Å². The molecule has 0 aromatic heterocycles. The highest BCUT2D eigenvalue weighted by atomic mass is 16.2. The molecular weight excluding hydrogens is 274 g/mol. The Morgan fingerprint density at radius 2 is 2.14 bits per heavy atom. The monoisotopic (exact) mass is 299 g/mol. The van der Waals surface area contributed by atoms with Gasteiger partial charge in [-0.05, 0) is 50.5 Å². The van der Waals surface area contributed by atoms with E-state index < -0.39 is 0 Å². The molecule has 1 aromatic carbocycles. The third-order valence-corrected chi connectivity index (χ3v) is 3.88. The van der Waals surface area contributed by atoms with E-state index in [2.05, 4.69) is 61.3 Å². The zero-order valence-corrected chi connectivity index (χ0v) is 14.1. The highest BCUT2D eigenvalue weighted by Gasteiger charge is 2.30. The number of hydrogen-bond acceptors (Lipinski definition) is 3. The Morgan fingerprint density at radius 1 is 1.41 bits per heavy atom. The predicted octanol–water partition coefficient (Wildman–Crippen LogP) is 3.57. The lowest BCUT2D eigenvalue weighted by Gasteiger charge is -2.43. The fraction of sp³-hybridized carbons (Fsp3) is 0.444. The maximum Gasteiger partial charge on any atom is 0.236 e. The number of carbonyl (C=O) groups excluding carboxylic acids is 1. The van der Waals surface area contributed by atoms with Crippen LogP contribution >= 0.6 is 0 Å². The van der Waals surface area contributed by atoms with Gasteiger partial charge in [-0.1, -0.05) is 19.1 Å². The maximum absolute atomic E-state index is 10.9. The predicted molar refractivity (Wildman–Crippen MR) is 93.2 cm³/mol. The topological polar surface area (TPSA) is 44.7 Å². The van der Waals surface area contributed by atoms with Crippen molar-refractivity contribution in [3.05, 3.63) is 35.4 Å². The average molecular weight is 299 g/mol. The second-order valence-electron chi connectivity index (χ2n) is 6.34. The van der Waals surface area contributed by atoms with Crippen molar-refractivity contribution >= 4 is 23.4 Å². The van der Waals surface area contributed by atoms with E-state index in [1.54, 1.807) is 6.21 Å². The van der Waals surface area contributed by atoms with Crippen molar-refractivity contribution in [3.63, 3.8) is 0 Å². The van der Waals surface area contributed by atoms with E-state index in [1.807, 2.05) is 6.07 Å². The summed E-state index contributed by atoms with van der Waals surface area (Å²) in [7, 11) is 0. The van der Waals surface area contributed by atoms with Crippen LogP contribution in [-0.4, -0.2) is 24.2 Å². The number of hydrazone groups is 1. The number of allylic oxidation sites excluding steroid dienone is 1. The van der Waals surface area contributed by atoms with Gasteiger partial charge in [0.2, 0.25) is 5.91 Å². The van der Waals surface area contributed by atoms with Gasteiger partial charge in [0, 0.05) is 24.7 Å². The number of rotatable bonds is 4. The van der Waals surface area contributed by atoms with Crippen molar-refractivity contribution in [1.29, 1.82) is 0 Å². The molecule has 4 nitrogen and oxygen atoms in total. The van der Waals surface area contributed by atoms with Crippen molar-refractivity contribution in [2.24, 2.45) is 5.10 Å². The van der Waals surface area contributed by atoms with E-state index in [1.165, 1.54) is 23.7 Å². The number of fused-ring (bicyclic) bond motifs is 1. The van der Waals surface area contributed by atoms with Crippen LogP contribution in [0, 0.1) is 0 Å². The Labute approximate surface area is 132 Å². The van der Waals surface area contributed by atoms with Gasteiger partial charge < -0.3 is 4.90 Å². The minimum Gasteiger partial charge on any atom is -0.362 e. The number of hydrogen-bond donors (Lipinski definition) is 1. The lowest BCUT2D eigenvalue weighted by Crippen LogP contribution is -2.45. The van der Waals surface area contributed by atoms with Crippen molar-refractivity contribution < 1.29 is 4.79 Å². The largest absolute Gasteiger partial charge is 0.362 e. The van der Waals surface area contributed by atoms with Crippen molar-refractivity contribution in [1.82, 2.24) is 5.43 Å². The summed E-state index contributed by atoms with van der Waals surface area (Å²) in [6, 6.07) is 6.32. The van der Waals surface area contributed by atoms with Crippen LogP contribution in [0.15, 0.2) is 29.4 Å². The van der Waals surface area contributed by atoms with Crippen LogP contribution in [0.2, 0.25) is 0 Å². The minimum absolute atomic E-state index is 0.0267. The summed E-state index contributed by atoms with van der Waals surface area (Å²) >= 11 is 0. The lowest BCUT2D eigenvalue weighted by molar-refractivity contribution is -0.118. The third kappa shape index (κ3) is 3.38. The number of benzene rings is 1. The minimum atomic E-state index is -0.166. The molecular formula is C18H25N3O. The Balaban J connectivity index is 2.38. The molecule has 0 saturated heterocycles. The highest BCUT2D eigenvalue weighted by molar-refractivity contribution is 5.88. The second kappa shape index (κ2) is 6.34. The van der Waals surface area contributed by atoms with Crippen molar-refractivity contribution in [2.75, 3.05) is 11.4 Å². The first-order valence-corrected chi connectivity index (χ1v) is 7.76. The molecule has 1 heterocycles. The Bertz CT molecular complexity index is 629. The van der Waals surface area contributed by atoms with Gasteiger partial charge in [-0.15, -0.1) is 0 Å². The fourth-order valence-corrected chi connectivity index (χ4v) is 3.01. The Hall–Kier alpha value is -2.10. The first kappa shape index (κ1) is 16.3. The lowest BCUT2D eigenvalue weighted by atomic mass is 9.88. The van der Waals surface area contributed by atoms with E-state index in [0.717, 1.165) is 18.5 Å². The molecule has 0 spiro atoms. The molecule has 22 heavy (non-hydrogen) atoms. The van der Waals surface area contributed by atoms with Crippen LogP contribution in [0.5, 0.6) is 0 Å². The Morgan fingerprint density at radius 3 is 2.77 bits per heavy atom. The summed E-state index contributed by atoms with van der Waals surface area (Å²) in [5.41, 5.74) is 7.22. The molecule has 0 radical (unpaired) electrons. The van der Waals surface area contributed by atoms with E-state index in [0.29, 0.717) is 0 Å². The Kier molecular flexibility index (Phi) is 4.69. The number of anilines is 1. The second-order valence-corrected chi connectivity index (χ2v) is 6.34. The van der Waals surface area contributed by atoms with E-state index >= 15 is 0 Å². The van der Waals surface area contributed by atoms with Crippen LogP contribution in [0.4, 0.5) is 5.69 Å². The van der Waals surface area contributed by atoms with Gasteiger partial charge >= 0.3 is 0 Å². The van der Waals surface area contributed by atoms with Gasteiger partial charge in [-0.2, -0.15) is 5.10 Å².